The SMILES string of the molecule is CCCCCc1c(Cl)nnc2n[nH]cc12. The molecule has 15 heavy (non-hydrogen) atoms. The Morgan fingerprint density at radius 3 is 3.00 bits per heavy atom. The first-order valence-corrected chi connectivity index (χ1v) is 5.55. The Balaban J connectivity index is 2.30. The third-order valence-corrected chi connectivity index (χ3v) is 2.76. The van der Waals surface area contributed by atoms with Crippen molar-refractivity contribution in [3.63, 3.8) is 0 Å². The summed E-state index contributed by atoms with van der Waals surface area (Å²) in [4.78, 5) is 0. The minimum atomic E-state index is 0.500. The van der Waals surface area contributed by atoms with Crippen LogP contribution in [0.25, 0.3) is 11.0 Å². The number of aromatic amines is 1. The van der Waals surface area contributed by atoms with Crippen LogP contribution >= 0.6 is 11.6 Å². The largest absolute Gasteiger partial charge is 0.283 e. The van der Waals surface area contributed by atoms with Crippen molar-refractivity contribution < 1.29 is 0 Å². The lowest BCUT2D eigenvalue weighted by atomic mass is 10.1. The summed E-state index contributed by atoms with van der Waals surface area (Å²) in [5, 5.41) is 16.1. The Hall–Kier alpha value is -1.16. The first-order valence-electron chi connectivity index (χ1n) is 5.17. The van der Waals surface area contributed by atoms with Crippen LogP contribution in [-0.4, -0.2) is 20.4 Å². The van der Waals surface area contributed by atoms with Crippen molar-refractivity contribution in [1.82, 2.24) is 20.4 Å². The summed E-state index contributed by atoms with van der Waals surface area (Å²) in [6.45, 7) is 2.18. The highest BCUT2D eigenvalue weighted by Crippen LogP contribution is 2.22. The monoisotopic (exact) mass is 224 g/mol. The van der Waals surface area contributed by atoms with Gasteiger partial charge in [0.2, 0.25) is 5.65 Å². The molecule has 0 saturated carbocycles. The van der Waals surface area contributed by atoms with E-state index in [2.05, 4.69) is 27.3 Å². The smallest absolute Gasteiger partial charge is 0.203 e. The van der Waals surface area contributed by atoms with Crippen LogP contribution in [0.4, 0.5) is 0 Å². The van der Waals surface area contributed by atoms with Crippen LogP contribution in [-0.2, 0) is 6.42 Å². The molecule has 0 amide bonds. The Bertz CT molecular complexity index is 452. The molecule has 0 aliphatic carbocycles. The third-order valence-electron chi connectivity index (χ3n) is 2.46. The second kappa shape index (κ2) is 4.57. The number of unbranched alkanes of at least 4 members (excludes halogenated alkanes) is 2. The summed E-state index contributed by atoms with van der Waals surface area (Å²) < 4.78 is 0. The number of nitrogens with one attached hydrogen (secondary N) is 1. The summed E-state index contributed by atoms with van der Waals surface area (Å²) in [5.41, 5.74) is 1.70. The highest BCUT2D eigenvalue weighted by Gasteiger charge is 2.09. The van der Waals surface area contributed by atoms with Crippen molar-refractivity contribution >= 4 is 22.6 Å². The number of hydrogen-bond donors (Lipinski definition) is 1. The standard InChI is InChI=1S/C10H13ClN4/c1-2-3-4-5-7-8-6-12-14-10(8)15-13-9(7)11/h6H,2-5H2,1H3,(H,12,14,15). The maximum atomic E-state index is 6.02. The number of nitrogens with zero attached hydrogens (tertiary/aromatic N) is 3. The average molecular weight is 225 g/mol. The summed E-state index contributed by atoms with van der Waals surface area (Å²) in [5.74, 6) is 0. The minimum Gasteiger partial charge on any atom is -0.283 e. The number of halogens is 1. The quantitative estimate of drug-likeness (QED) is 0.813. The van der Waals surface area contributed by atoms with Crippen LogP contribution in [0, 0.1) is 0 Å². The Kier molecular flexibility index (Phi) is 3.16. The minimum absolute atomic E-state index is 0.500. The Labute approximate surface area is 93.0 Å². The molecule has 80 valence electrons. The first-order chi connectivity index (χ1) is 7.33. The van der Waals surface area contributed by atoms with Gasteiger partial charge in [0.15, 0.2) is 5.15 Å². The van der Waals surface area contributed by atoms with Crippen molar-refractivity contribution in [3.05, 3.63) is 16.9 Å². The molecule has 0 aliphatic heterocycles. The number of rotatable bonds is 4. The Morgan fingerprint density at radius 2 is 2.20 bits per heavy atom. The van der Waals surface area contributed by atoms with Gasteiger partial charge in [0, 0.05) is 17.1 Å². The summed E-state index contributed by atoms with van der Waals surface area (Å²) in [6.07, 6.45) is 6.31. The zero-order chi connectivity index (χ0) is 10.7. The normalized spacial score (nSPS) is 11.1. The summed E-state index contributed by atoms with van der Waals surface area (Å²) >= 11 is 6.02. The van der Waals surface area contributed by atoms with Crippen molar-refractivity contribution in [3.8, 4) is 0 Å². The van der Waals surface area contributed by atoms with Crippen molar-refractivity contribution in [1.29, 1.82) is 0 Å². The average Bonchev–Trinajstić information content (AvgIpc) is 2.69. The van der Waals surface area contributed by atoms with E-state index < -0.39 is 0 Å². The van der Waals surface area contributed by atoms with E-state index in [1.165, 1.54) is 12.8 Å². The molecule has 0 saturated heterocycles. The molecule has 2 aromatic rings. The molecule has 0 aliphatic rings. The van der Waals surface area contributed by atoms with Gasteiger partial charge in [-0.2, -0.15) is 5.10 Å². The zero-order valence-corrected chi connectivity index (χ0v) is 9.38. The molecule has 0 bridgehead atoms. The molecule has 0 spiro atoms. The maximum absolute atomic E-state index is 6.02. The predicted octanol–water partition coefficient (Wildman–Crippen LogP) is 2.74. The van der Waals surface area contributed by atoms with E-state index in [-0.39, 0.29) is 0 Å². The van der Waals surface area contributed by atoms with Crippen LogP contribution in [0.15, 0.2) is 6.20 Å². The molecule has 2 rings (SSSR count). The number of aryl methyl sites for hydroxylation is 1. The first kappa shape index (κ1) is 10.4. The second-order valence-electron chi connectivity index (χ2n) is 3.55. The van der Waals surface area contributed by atoms with Crippen LogP contribution in [0.3, 0.4) is 0 Å². The molecular weight excluding hydrogens is 212 g/mol. The number of H-pyrrole nitrogens is 1. The van der Waals surface area contributed by atoms with Crippen LogP contribution in [0.2, 0.25) is 5.15 Å². The van der Waals surface area contributed by atoms with E-state index in [0.717, 1.165) is 23.8 Å². The van der Waals surface area contributed by atoms with Gasteiger partial charge in [-0.05, 0) is 12.8 Å². The summed E-state index contributed by atoms with van der Waals surface area (Å²) in [7, 11) is 0. The van der Waals surface area contributed by atoms with E-state index in [9.17, 15) is 0 Å². The molecular formula is C10H13ClN4. The van der Waals surface area contributed by atoms with Crippen molar-refractivity contribution in [2.24, 2.45) is 0 Å². The summed E-state index contributed by atoms with van der Waals surface area (Å²) in [6, 6.07) is 0. The Morgan fingerprint density at radius 1 is 1.33 bits per heavy atom. The number of aromatic nitrogens is 4. The lowest BCUT2D eigenvalue weighted by molar-refractivity contribution is 0.717. The van der Waals surface area contributed by atoms with E-state index in [1.807, 2.05) is 6.20 Å². The second-order valence-corrected chi connectivity index (χ2v) is 3.91. The predicted molar refractivity (Wildman–Crippen MR) is 59.9 cm³/mol. The van der Waals surface area contributed by atoms with Crippen molar-refractivity contribution in [2.45, 2.75) is 32.6 Å². The highest BCUT2D eigenvalue weighted by molar-refractivity contribution is 6.30. The van der Waals surface area contributed by atoms with E-state index in [4.69, 9.17) is 11.6 Å². The van der Waals surface area contributed by atoms with Gasteiger partial charge < -0.3 is 0 Å². The molecule has 2 aromatic heterocycles. The van der Waals surface area contributed by atoms with Gasteiger partial charge in [-0.3, -0.25) is 5.10 Å². The third kappa shape index (κ3) is 2.09. The molecule has 4 nitrogen and oxygen atoms in total. The molecule has 0 aromatic carbocycles. The molecule has 2 heterocycles. The fraction of sp³-hybridized carbons (Fsp3) is 0.500. The van der Waals surface area contributed by atoms with Gasteiger partial charge >= 0.3 is 0 Å². The molecule has 0 radical (unpaired) electrons. The van der Waals surface area contributed by atoms with Crippen molar-refractivity contribution in [2.75, 3.05) is 0 Å². The highest BCUT2D eigenvalue weighted by atomic mass is 35.5. The van der Waals surface area contributed by atoms with Gasteiger partial charge in [0.05, 0.1) is 0 Å². The molecule has 5 heteroatoms. The van der Waals surface area contributed by atoms with Gasteiger partial charge in [0.25, 0.3) is 0 Å². The molecule has 0 fully saturated rings. The molecule has 0 atom stereocenters. The van der Waals surface area contributed by atoms with Crippen LogP contribution < -0.4 is 0 Å². The fourth-order valence-electron chi connectivity index (χ4n) is 1.63. The number of fused-ring (bicyclic) bond motifs is 1. The van der Waals surface area contributed by atoms with E-state index in [1.54, 1.807) is 0 Å². The van der Waals surface area contributed by atoms with Gasteiger partial charge in [-0.15, -0.1) is 10.2 Å². The van der Waals surface area contributed by atoms with E-state index >= 15 is 0 Å². The topological polar surface area (TPSA) is 54.5 Å². The fourth-order valence-corrected chi connectivity index (χ4v) is 1.87. The number of hydrogen-bond acceptors (Lipinski definition) is 3. The maximum Gasteiger partial charge on any atom is 0.203 e. The lowest BCUT2D eigenvalue weighted by Crippen LogP contribution is -1.94. The molecule has 1 N–H and O–H groups in total. The van der Waals surface area contributed by atoms with Gasteiger partial charge in [-0.1, -0.05) is 31.4 Å². The van der Waals surface area contributed by atoms with Crippen LogP contribution in [0.5, 0.6) is 0 Å². The van der Waals surface area contributed by atoms with Crippen LogP contribution in [0.1, 0.15) is 31.7 Å². The lowest BCUT2D eigenvalue weighted by Gasteiger charge is -2.02. The van der Waals surface area contributed by atoms with Gasteiger partial charge in [-0.25, -0.2) is 0 Å². The zero-order valence-electron chi connectivity index (χ0n) is 8.63. The van der Waals surface area contributed by atoms with E-state index in [0.29, 0.717) is 10.8 Å². The van der Waals surface area contributed by atoms with Gasteiger partial charge in [0.1, 0.15) is 0 Å². The molecule has 0 unspecified atom stereocenters.